The molecule has 0 atom stereocenters. The Balaban J connectivity index is 1.70. The molecule has 0 saturated carbocycles. The lowest BCUT2D eigenvalue weighted by atomic mass is 9.91. The van der Waals surface area contributed by atoms with Crippen LogP contribution in [-0.2, 0) is 0 Å². The third-order valence-electron chi connectivity index (χ3n) is 5.16. The summed E-state index contributed by atoms with van der Waals surface area (Å²) in [4.78, 5) is 13.0. The molecule has 3 aromatic rings. The van der Waals surface area contributed by atoms with Gasteiger partial charge in [0.15, 0.2) is 0 Å². The number of hydrogen-bond donors (Lipinski definition) is 2. The number of benzene rings is 2. The first-order valence-corrected chi connectivity index (χ1v) is 9.54. The number of nitrogens with one attached hydrogen (secondary N) is 2. The maximum atomic E-state index is 13.4. The Hall–Kier alpha value is -2.99. The number of piperidine rings is 1. The van der Waals surface area contributed by atoms with E-state index in [9.17, 15) is 9.18 Å². The summed E-state index contributed by atoms with van der Waals surface area (Å²) < 4.78 is 15.1. The van der Waals surface area contributed by atoms with Gasteiger partial charge < -0.3 is 10.6 Å². The average Bonchev–Trinajstić information content (AvgIpc) is 3.16. The van der Waals surface area contributed by atoms with Gasteiger partial charge in [-0.05, 0) is 69.3 Å². The van der Waals surface area contributed by atoms with Crippen LogP contribution in [0.25, 0.3) is 5.69 Å². The molecule has 5 nitrogen and oxygen atoms in total. The minimum absolute atomic E-state index is 0.175. The predicted octanol–water partition coefficient (Wildman–Crippen LogP) is 4.04. The third kappa shape index (κ3) is 3.82. The molecule has 0 unspecified atom stereocenters. The monoisotopic (exact) mass is 378 g/mol. The minimum atomic E-state index is -0.295. The lowest BCUT2D eigenvalue weighted by molar-refractivity contribution is 0.102. The van der Waals surface area contributed by atoms with Gasteiger partial charge in [0.05, 0.1) is 23.1 Å². The number of carbonyl (C=O) groups excluding carboxylic acids is 1. The lowest BCUT2D eigenvalue weighted by Crippen LogP contribution is -2.29. The van der Waals surface area contributed by atoms with Gasteiger partial charge in [-0.25, -0.2) is 9.07 Å². The smallest absolute Gasteiger partial charge is 0.259 e. The number of carbonyl (C=O) groups is 1. The van der Waals surface area contributed by atoms with Gasteiger partial charge in [0.1, 0.15) is 5.82 Å². The van der Waals surface area contributed by atoms with Gasteiger partial charge >= 0.3 is 0 Å². The summed E-state index contributed by atoms with van der Waals surface area (Å²) in [6, 6.07) is 13.9. The summed E-state index contributed by atoms with van der Waals surface area (Å²) in [5.41, 5.74) is 4.10. The summed E-state index contributed by atoms with van der Waals surface area (Å²) in [5.74, 6) is -0.255. The summed E-state index contributed by atoms with van der Waals surface area (Å²) in [6.07, 6.45) is 3.47. The van der Waals surface area contributed by atoms with Crippen LogP contribution >= 0.6 is 0 Å². The van der Waals surface area contributed by atoms with Crippen molar-refractivity contribution in [3.8, 4) is 5.69 Å². The zero-order chi connectivity index (χ0) is 19.5. The SMILES string of the molecule is Cc1ccc(NC(=O)c2cnn(-c3ccc(F)cc3)c2C2CCNCC2)cc1. The summed E-state index contributed by atoms with van der Waals surface area (Å²) in [6.45, 7) is 3.81. The Labute approximate surface area is 163 Å². The maximum absolute atomic E-state index is 13.4. The van der Waals surface area contributed by atoms with E-state index in [1.807, 2.05) is 31.2 Å². The van der Waals surface area contributed by atoms with E-state index in [1.54, 1.807) is 23.0 Å². The molecule has 0 bridgehead atoms. The Kier molecular flexibility index (Phi) is 5.21. The zero-order valence-corrected chi connectivity index (χ0v) is 15.8. The van der Waals surface area contributed by atoms with Gasteiger partial charge in [-0.15, -0.1) is 0 Å². The number of nitrogens with zero attached hydrogens (tertiary/aromatic N) is 2. The fourth-order valence-electron chi connectivity index (χ4n) is 3.64. The number of amides is 1. The number of hydrogen-bond acceptors (Lipinski definition) is 3. The highest BCUT2D eigenvalue weighted by Crippen LogP contribution is 2.30. The highest BCUT2D eigenvalue weighted by molar-refractivity contribution is 6.05. The second-order valence-corrected chi connectivity index (χ2v) is 7.18. The van der Waals surface area contributed by atoms with Gasteiger partial charge in [-0.1, -0.05) is 17.7 Å². The van der Waals surface area contributed by atoms with E-state index in [0.717, 1.165) is 48.6 Å². The highest BCUT2D eigenvalue weighted by atomic mass is 19.1. The first kappa shape index (κ1) is 18.4. The van der Waals surface area contributed by atoms with E-state index in [0.29, 0.717) is 5.56 Å². The first-order valence-electron chi connectivity index (χ1n) is 9.54. The van der Waals surface area contributed by atoms with Crippen molar-refractivity contribution < 1.29 is 9.18 Å². The summed E-state index contributed by atoms with van der Waals surface area (Å²) in [7, 11) is 0. The zero-order valence-electron chi connectivity index (χ0n) is 15.8. The van der Waals surface area contributed by atoms with Crippen LogP contribution in [0.4, 0.5) is 10.1 Å². The second-order valence-electron chi connectivity index (χ2n) is 7.18. The van der Waals surface area contributed by atoms with Crippen molar-refractivity contribution in [2.45, 2.75) is 25.7 Å². The first-order chi connectivity index (χ1) is 13.6. The molecular weight excluding hydrogens is 355 g/mol. The molecule has 28 heavy (non-hydrogen) atoms. The van der Waals surface area contributed by atoms with Crippen LogP contribution < -0.4 is 10.6 Å². The summed E-state index contributed by atoms with van der Waals surface area (Å²) in [5, 5.41) is 10.8. The van der Waals surface area contributed by atoms with E-state index in [1.165, 1.54) is 12.1 Å². The number of aromatic nitrogens is 2. The van der Waals surface area contributed by atoms with E-state index in [4.69, 9.17) is 0 Å². The molecule has 0 spiro atoms. The molecule has 6 heteroatoms. The molecular formula is C22H23FN4O. The predicted molar refractivity (Wildman–Crippen MR) is 107 cm³/mol. The normalized spacial score (nSPS) is 14.8. The summed E-state index contributed by atoms with van der Waals surface area (Å²) >= 11 is 0. The molecule has 1 amide bonds. The van der Waals surface area contributed by atoms with Crippen LogP contribution in [-0.4, -0.2) is 28.8 Å². The van der Waals surface area contributed by atoms with E-state index in [-0.39, 0.29) is 17.6 Å². The molecule has 2 N–H and O–H groups in total. The van der Waals surface area contributed by atoms with E-state index >= 15 is 0 Å². The fraction of sp³-hybridized carbons (Fsp3) is 0.273. The van der Waals surface area contributed by atoms with Crippen LogP contribution in [0.1, 0.15) is 40.4 Å². The molecule has 1 fully saturated rings. The molecule has 1 aliphatic rings. The number of rotatable bonds is 4. The largest absolute Gasteiger partial charge is 0.322 e. The molecule has 0 aliphatic carbocycles. The van der Waals surface area contributed by atoms with Crippen molar-refractivity contribution in [2.75, 3.05) is 18.4 Å². The van der Waals surface area contributed by atoms with Crippen molar-refractivity contribution in [3.05, 3.63) is 77.4 Å². The van der Waals surface area contributed by atoms with Gasteiger partial charge in [0, 0.05) is 11.6 Å². The van der Waals surface area contributed by atoms with Crippen LogP contribution in [0.3, 0.4) is 0 Å². The number of anilines is 1. The molecule has 2 heterocycles. The van der Waals surface area contributed by atoms with Crippen LogP contribution in [0.15, 0.2) is 54.7 Å². The molecule has 4 rings (SSSR count). The number of halogens is 1. The number of aryl methyl sites for hydroxylation is 1. The van der Waals surface area contributed by atoms with Gasteiger partial charge in [0.2, 0.25) is 0 Å². The Morgan fingerprint density at radius 1 is 1.11 bits per heavy atom. The van der Waals surface area contributed by atoms with E-state index in [2.05, 4.69) is 15.7 Å². The fourth-order valence-corrected chi connectivity index (χ4v) is 3.64. The van der Waals surface area contributed by atoms with Crippen LogP contribution in [0.2, 0.25) is 0 Å². The van der Waals surface area contributed by atoms with Crippen molar-refractivity contribution in [1.29, 1.82) is 0 Å². The van der Waals surface area contributed by atoms with Crippen molar-refractivity contribution in [1.82, 2.24) is 15.1 Å². The van der Waals surface area contributed by atoms with Crippen molar-refractivity contribution >= 4 is 11.6 Å². The van der Waals surface area contributed by atoms with Gasteiger partial charge in [-0.3, -0.25) is 4.79 Å². The minimum Gasteiger partial charge on any atom is -0.322 e. The highest BCUT2D eigenvalue weighted by Gasteiger charge is 2.27. The standard InChI is InChI=1S/C22H23FN4O/c1-15-2-6-18(7-3-15)26-22(28)20-14-25-27(19-8-4-17(23)5-9-19)21(20)16-10-12-24-13-11-16/h2-9,14,16,24H,10-13H2,1H3,(H,26,28). The van der Waals surface area contributed by atoms with Crippen LogP contribution in [0.5, 0.6) is 0 Å². The molecule has 2 aromatic carbocycles. The quantitative estimate of drug-likeness (QED) is 0.720. The van der Waals surface area contributed by atoms with E-state index < -0.39 is 0 Å². The Morgan fingerprint density at radius 2 is 1.79 bits per heavy atom. The second kappa shape index (κ2) is 7.94. The molecule has 144 valence electrons. The molecule has 0 radical (unpaired) electrons. The maximum Gasteiger partial charge on any atom is 0.259 e. The third-order valence-corrected chi connectivity index (χ3v) is 5.16. The van der Waals surface area contributed by atoms with Crippen molar-refractivity contribution in [3.63, 3.8) is 0 Å². The van der Waals surface area contributed by atoms with Crippen molar-refractivity contribution in [2.24, 2.45) is 0 Å². The van der Waals surface area contributed by atoms with Crippen LogP contribution in [0, 0.1) is 12.7 Å². The Bertz CT molecular complexity index is 957. The van der Waals surface area contributed by atoms with Gasteiger partial charge in [-0.2, -0.15) is 5.10 Å². The topological polar surface area (TPSA) is 59.0 Å². The average molecular weight is 378 g/mol. The molecule has 1 aromatic heterocycles. The molecule has 1 aliphatic heterocycles. The van der Waals surface area contributed by atoms with Gasteiger partial charge in [0.25, 0.3) is 5.91 Å². The molecule has 1 saturated heterocycles. The Morgan fingerprint density at radius 3 is 2.46 bits per heavy atom. The lowest BCUT2D eigenvalue weighted by Gasteiger charge is -2.24.